The Morgan fingerprint density at radius 2 is 2.17 bits per heavy atom. The van der Waals surface area contributed by atoms with Crippen molar-refractivity contribution in [1.82, 2.24) is 10.2 Å². The second-order valence-electron chi connectivity index (χ2n) is 5.67. The summed E-state index contributed by atoms with van der Waals surface area (Å²) in [4.78, 5) is 14.3. The van der Waals surface area contributed by atoms with Gasteiger partial charge in [-0.3, -0.25) is 9.69 Å². The molecule has 1 aliphatic carbocycles. The van der Waals surface area contributed by atoms with Crippen LogP contribution < -0.4 is 5.32 Å². The number of carboxylic acid groups (broad SMARTS) is 1. The maximum Gasteiger partial charge on any atom is 0.324 e. The van der Waals surface area contributed by atoms with E-state index in [-0.39, 0.29) is 0 Å². The van der Waals surface area contributed by atoms with E-state index in [1.54, 1.807) is 0 Å². The number of aliphatic carboxylic acids is 1. The van der Waals surface area contributed by atoms with Crippen LogP contribution in [-0.2, 0) is 4.79 Å². The molecule has 2 fully saturated rings. The zero-order valence-corrected chi connectivity index (χ0v) is 11.5. The predicted molar refractivity (Wildman–Crippen MR) is 71.7 cm³/mol. The number of hydrogen-bond donors (Lipinski definition) is 2. The zero-order valence-electron chi connectivity index (χ0n) is 11.5. The SMILES string of the molecule is CCC1CCCCC1(C(=O)O)N1CCCNCC1. The van der Waals surface area contributed by atoms with Gasteiger partial charge in [-0.25, -0.2) is 0 Å². The second kappa shape index (κ2) is 6.02. The summed E-state index contributed by atoms with van der Waals surface area (Å²) in [6.45, 7) is 5.89. The van der Waals surface area contributed by atoms with Gasteiger partial charge in [-0.15, -0.1) is 0 Å². The Hall–Kier alpha value is -0.610. The first-order valence-electron chi connectivity index (χ1n) is 7.41. The Balaban J connectivity index is 2.25. The number of carbonyl (C=O) groups is 1. The number of rotatable bonds is 3. The third-order valence-corrected chi connectivity index (χ3v) is 4.80. The normalized spacial score (nSPS) is 35.1. The summed E-state index contributed by atoms with van der Waals surface area (Å²) >= 11 is 0. The fourth-order valence-electron chi connectivity index (χ4n) is 3.85. The van der Waals surface area contributed by atoms with Crippen molar-refractivity contribution < 1.29 is 9.90 Å². The van der Waals surface area contributed by atoms with E-state index in [0.717, 1.165) is 58.3 Å². The Morgan fingerprint density at radius 1 is 1.33 bits per heavy atom. The van der Waals surface area contributed by atoms with Gasteiger partial charge < -0.3 is 10.4 Å². The van der Waals surface area contributed by atoms with Crippen LogP contribution in [0.25, 0.3) is 0 Å². The van der Waals surface area contributed by atoms with Gasteiger partial charge in [0.25, 0.3) is 0 Å². The second-order valence-corrected chi connectivity index (χ2v) is 5.67. The molecular formula is C14H26N2O2. The molecule has 0 bridgehead atoms. The molecule has 0 aromatic rings. The molecule has 2 N–H and O–H groups in total. The Bertz CT molecular complexity index is 288. The molecule has 4 heteroatoms. The van der Waals surface area contributed by atoms with Crippen LogP contribution in [0.15, 0.2) is 0 Å². The number of nitrogens with one attached hydrogen (secondary N) is 1. The molecule has 0 amide bonds. The maximum absolute atomic E-state index is 12.0. The molecule has 0 aromatic heterocycles. The van der Waals surface area contributed by atoms with Crippen molar-refractivity contribution in [3.8, 4) is 0 Å². The summed E-state index contributed by atoms with van der Waals surface area (Å²) in [6.07, 6.45) is 6.21. The fourth-order valence-corrected chi connectivity index (χ4v) is 3.85. The lowest BCUT2D eigenvalue weighted by Crippen LogP contribution is -2.61. The molecule has 2 aliphatic rings. The molecule has 2 rings (SSSR count). The lowest BCUT2D eigenvalue weighted by Gasteiger charge is -2.48. The van der Waals surface area contributed by atoms with Crippen molar-refractivity contribution in [3.05, 3.63) is 0 Å². The lowest BCUT2D eigenvalue weighted by atomic mass is 9.70. The van der Waals surface area contributed by atoms with Crippen LogP contribution in [0.5, 0.6) is 0 Å². The molecule has 1 saturated heterocycles. The maximum atomic E-state index is 12.0. The van der Waals surface area contributed by atoms with Crippen LogP contribution in [0, 0.1) is 5.92 Å². The summed E-state index contributed by atoms with van der Waals surface area (Å²) in [5.74, 6) is -0.266. The van der Waals surface area contributed by atoms with Gasteiger partial charge in [0.1, 0.15) is 5.54 Å². The van der Waals surface area contributed by atoms with Crippen molar-refractivity contribution >= 4 is 5.97 Å². The molecule has 4 nitrogen and oxygen atoms in total. The van der Waals surface area contributed by atoms with Gasteiger partial charge in [-0.1, -0.05) is 26.2 Å². The summed E-state index contributed by atoms with van der Waals surface area (Å²) < 4.78 is 0. The number of carboxylic acids is 1. The van der Waals surface area contributed by atoms with Gasteiger partial charge in [0, 0.05) is 19.6 Å². The standard InChI is InChI=1S/C14H26N2O2/c1-2-12-6-3-4-7-14(12,13(17)18)16-10-5-8-15-9-11-16/h12,15H,2-11H2,1H3,(H,17,18). The Labute approximate surface area is 110 Å². The van der Waals surface area contributed by atoms with Crippen LogP contribution in [0.1, 0.15) is 45.4 Å². The van der Waals surface area contributed by atoms with E-state index in [1.165, 1.54) is 6.42 Å². The first kappa shape index (κ1) is 13.8. The van der Waals surface area contributed by atoms with Gasteiger partial charge in [-0.2, -0.15) is 0 Å². The highest BCUT2D eigenvalue weighted by molar-refractivity contribution is 5.79. The topological polar surface area (TPSA) is 52.6 Å². The summed E-state index contributed by atoms with van der Waals surface area (Å²) in [6, 6.07) is 0. The molecule has 0 radical (unpaired) electrons. The predicted octanol–water partition coefficient (Wildman–Crippen LogP) is 1.71. The van der Waals surface area contributed by atoms with E-state index in [4.69, 9.17) is 0 Å². The first-order valence-corrected chi connectivity index (χ1v) is 7.41. The Morgan fingerprint density at radius 3 is 2.89 bits per heavy atom. The fraction of sp³-hybridized carbons (Fsp3) is 0.929. The molecule has 104 valence electrons. The highest BCUT2D eigenvalue weighted by Gasteiger charge is 2.50. The Kier molecular flexibility index (Phi) is 4.62. The highest BCUT2D eigenvalue weighted by atomic mass is 16.4. The molecular weight excluding hydrogens is 228 g/mol. The molecule has 2 unspecified atom stereocenters. The molecule has 2 atom stereocenters. The third kappa shape index (κ3) is 2.41. The first-order chi connectivity index (χ1) is 8.71. The van der Waals surface area contributed by atoms with Gasteiger partial charge in [0.15, 0.2) is 0 Å². The molecule has 1 heterocycles. The van der Waals surface area contributed by atoms with Gasteiger partial charge in [0.2, 0.25) is 0 Å². The third-order valence-electron chi connectivity index (χ3n) is 4.80. The van der Waals surface area contributed by atoms with Crippen molar-refractivity contribution in [2.24, 2.45) is 5.92 Å². The van der Waals surface area contributed by atoms with Gasteiger partial charge in [0.05, 0.1) is 0 Å². The molecule has 0 aromatic carbocycles. The number of nitrogens with zero attached hydrogens (tertiary/aromatic N) is 1. The van der Waals surface area contributed by atoms with Crippen LogP contribution in [0.2, 0.25) is 0 Å². The van der Waals surface area contributed by atoms with Crippen LogP contribution >= 0.6 is 0 Å². The van der Waals surface area contributed by atoms with E-state index in [1.807, 2.05) is 0 Å². The molecule has 0 spiro atoms. The minimum atomic E-state index is -0.587. The van der Waals surface area contributed by atoms with Crippen molar-refractivity contribution in [2.75, 3.05) is 26.2 Å². The van der Waals surface area contributed by atoms with Crippen LogP contribution in [-0.4, -0.2) is 47.7 Å². The minimum absolute atomic E-state index is 0.321. The summed E-state index contributed by atoms with van der Waals surface area (Å²) in [5.41, 5.74) is -0.584. The smallest absolute Gasteiger partial charge is 0.324 e. The quantitative estimate of drug-likeness (QED) is 0.805. The average molecular weight is 254 g/mol. The van der Waals surface area contributed by atoms with E-state index in [0.29, 0.717) is 5.92 Å². The van der Waals surface area contributed by atoms with Crippen molar-refractivity contribution in [1.29, 1.82) is 0 Å². The average Bonchev–Trinajstić information content (AvgIpc) is 2.67. The van der Waals surface area contributed by atoms with Crippen LogP contribution in [0.3, 0.4) is 0 Å². The zero-order chi connectivity index (χ0) is 13.0. The highest BCUT2D eigenvalue weighted by Crippen LogP contribution is 2.41. The van der Waals surface area contributed by atoms with E-state index in [9.17, 15) is 9.90 Å². The van der Waals surface area contributed by atoms with Crippen molar-refractivity contribution in [2.45, 2.75) is 51.0 Å². The van der Waals surface area contributed by atoms with Gasteiger partial charge >= 0.3 is 5.97 Å². The van der Waals surface area contributed by atoms with E-state index < -0.39 is 11.5 Å². The monoisotopic (exact) mass is 254 g/mol. The lowest BCUT2D eigenvalue weighted by molar-refractivity contribution is -0.159. The van der Waals surface area contributed by atoms with E-state index >= 15 is 0 Å². The van der Waals surface area contributed by atoms with Gasteiger partial charge in [-0.05, 0) is 31.7 Å². The number of hydrogen-bond acceptors (Lipinski definition) is 3. The largest absolute Gasteiger partial charge is 0.480 e. The molecule has 18 heavy (non-hydrogen) atoms. The van der Waals surface area contributed by atoms with Crippen molar-refractivity contribution in [3.63, 3.8) is 0 Å². The van der Waals surface area contributed by atoms with E-state index in [2.05, 4.69) is 17.1 Å². The van der Waals surface area contributed by atoms with Crippen LogP contribution in [0.4, 0.5) is 0 Å². The minimum Gasteiger partial charge on any atom is -0.480 e. The summed E-state index contributed by atoms with van der Waals surface area (Å²) in [5, 5.41) is 13.2. The molecule has 1 aliphatic heterocycles. The summed E-state index contributed by atoms with van der Waals surface area (Å²) in [7, 11) is 0. The molecule has 1 saturated carbocycles.